The number of ether oxygens (including phenoxy) is 2. The van der Waals surface area contributed by atoms with Crippen LogP contribution in [0.4, 0.5) is 0 Å². The molecule has 0 aromatic carbocycles. The van der Waals surface area contributed by atoms with E-state index in [1.54, 1.807) is 25.3 Å². The third-order valence-electron chi connectivity index (χ3n) is 5.05. The first kappa shape index (κ1) is 14.9. The van der Waals surface area contributed by atoms with Crippen LogP contribution in [0.1, 0.15) is 23.3 Å². The average Bonchev–Trinajstić information content (AvgIpc) is 3.29. The van der Waals surface area contributed by atoms with E-state index in [0.29, 0.717) is 24.2 Å². The summed E-state index contributed by atoms with van der Waals surface area (Å²) in [5.41, 5.74) is 0.441. The molecule has 6 heteroatoms. The van der Waals surface area contributed by atoms with Gasteiger partial charge in [0, 0.05) is 32.2 Å². The van der Waals surface area contributed by atoms with Gasteiger partial charge in [0.2, 0.25) is 5.88 Å². The van der Waals surface area contributed by atoms with Crippen molar-refractivity contribution in [3.63, 3.8) is 0 Å². The largest absolute Gasteiger partial charge is 0.481 e. The summed E-state index contributed by atoms with van der Waals surface area (Å²) >= 11 is 0. The van der Waals surface area contributed by atoms with E-state index in [2.05, 4.69) is 9.88 Å². The second-order valence-electron chi connectivity index (χ2n) is 6.69. The highest BCUT2D eigenvalue weighted by molar-refractivity contribution is 5.92. The van der Waals surface area contributed by atoms with Crippen molar-refractivity contribution in [2.24, 2.45) is 5.92 Å². The quantitative estimate of drug-likeness (QED) is 0.830. The molecule has 0 unspecified atom stereocenters. The van der Waals surface area contributed by atoms with Crippen LogP contribution < -0.4 is 4.74 Å². The maximum absolute atomic E-state index is 12.7. The number of rotatable bonds is 4. The average molecular weight is 317 g/mol. The van der Waals surface area contributed by atoms with Crippen LogP contribution in [0, 0.1) is 5.92 Å². The van der Waals surface area contributed by atoms with Crippen LogP contribution >= 0.6 is 0 Å². The Balaban J connectivity index is 1.46. The van der Waals surface area contributed by atoms with Crippen molar-refractivity contribution in [2.75, 3.05) is 39.9 Å². The first-order chi connectivity index (χ1) is 11.2. The molecule has 6 nitrogen and oxygen atoms in total. The van der Waals surface area contributed by atoms with Crippen molar-refractivity contribution in [1.29, 1.82) is 0 Å². The molecule has 1 aromatic heterocycles. The van der Waals surface area contributed by atoms with E-state index in [4.69, 9.17) is 9.47 Å². The Morgan fingerprint density at radius 3 is 3.04 bits per heavy atom. The number of methoxy groups -OCH3 is 1. The Kier molecular flexibility index (Phi) is 3.95. The normalized spacial score (nSPS) is 27.8. The second kappa shape index (κ2) is 6.09. The molecule has 2 atom stereocenters. The fraction of sp³-hybridized carbons (Fsp3) is 0.647. The van der Waals surface area contributed by atoms with Gasteiger partial charge in [-0.15, -0.1) is 0 Å². The third-order valence-corrected chi connectivity index (χ3v) is 5.05. The van der Waals surface area contributed by atoms with Crippen LogP contribution in [0.3, 0.4) is 0 Å². The molecule has 1 aliphatic carbocycles. The minimum atomic E-state index is -0.0340. The molecule has 3 aliphatic rings. The van der Waals surface area contributed by atoms with Gasteiger partial charge in [-0.25, -0.2) is 4.98 Å². The first-order valence-corrected chi connectivity index (χ1v) is 8.40. The van der Waals surface area contributed by atoms with Crippen molar-refractivity contribution < 1.29 is 14.3 Å². The van der Waals surface area contributed by atoms with Gasteiger partial charge < -0.3 is 14.4 Å². The first-order valence-electron chi connectivity index (χ1n) is 8.40. The van der Waals surface area contributed by atoms with Crippen molar-refractivity contribution in [1.82, 2.24) is 14.8 Å². The number of likely N-dealkylation sites (tertiary alicyclic amines) is 1. The number of aromatic nitrogens is 1. The fourth-order valence-corrected chi connectivity index (χ4v) is 3.59. The maximum atomic E-state index is 12.7. The smallest absolute Gasteiger partial charge is 0.272 e. The van der Waals surface area contributed by atoms with E-state index >= 15 is 0 Å². The number of hydrogen-bond donors (Lipinski definition) is 0. The number of carbonyl (C=O) groups excluding carboxylic acids is 1. The van der Waals surface area contributed by atoms with E-state index in [9.17, 15) is 4.79 Å². The Hall–Kier alpha value is -1.66. The van der Waals surface area contributed by atoms with Gasteiger partial charge in [0.05, 0.1) is 25.9 Å². The van der Waals surface area contributed by atoms with Crippen LogP contribution in [0.25, 0.3) is 0 Å². The third kappa shape index (κ3) is 3.05. The summed E-state index contributed by atoms with van der Waals surface area (Å²) in [6, 6.07) is 5.63. The van der Waals surface area contributed by atoms with Gasteiger partial charge in [-0.05, 0) is 24.8 Å². The molecule has 1 aromatic rings. The minimum absolute atomic E-state index is 0.0340. The summed E-state index contributed by atoms with van der Waals surface area (Å²) in [4.78, 5) is 21.4. The van der Waals surface area contributed by atoms with Crippen LogP contribution in [0.15, 0.2) is 18.2 Å². The zero-order chi connectivity index (χ0) is 15.8. The number of hydrogen-bond acceptors (Lipinski definition) is 5. The lowest BCUT2D eigenvalue weighted by Gasteiger charge is -2.36. The number of fused-ring (bicyclic) bond motifs is 1. The summed E-state index contributed by atoms with van der Waals surface area (Å²) in [5, 5.41) is 0. The standard InChI is InChI=1S/C17H23N3O3/c1-22-16-4-2-3-13(18-16)17(21)20-10-14-15(11-20)23-8-7-19(14)9-12-5-6-12/h2-4,12,14-15H,5-11H2,1H3/t14-,15-/m0/s1. The molecule has 1 amide bonds. The van der Waals surface area contributed by atoms with Crippen molar-refractivity contribution in [3.05, 3.63) is 23.9 Å². The van der Waals surface area contributed by atoms with Crippen LogP contribution in [0.2, 0.25) is 0 Å². The lowest BCUT2D eigenvalue weighted by Crippen LogP contribution is -2.51. The lowest BCUT2D eigenvalue weighted by molar-refractivity contribution is -0.0484. The van der Waals surface area contributed by atoms with E-state index in [1.165, 1.54) is 12.8 Å². The van der Waals surface area contributed by atoms with Crippen LogP contribution in [0.5, 0.6) is 5.88 Å². The Bertz CT molecular complexity index is 590. The second-order valence-corrected chi connectivity index (χ2v) is 6.69. The number of amides is 1. The molecule has 0 bridgehead atoms. The molecular weight excluding hydrogens is 294 g/mol. The number of nitrogens with zero attached hydrogens (tertiary/aromatic N) is 3. The van der Waals surface area contributed by atoms with Crippen molar-refractivity contribution in [3.8, 4) is 5.88 Å². The predicted molar refractivity (Wildman–Crippen MR) is 84.5 cm³/mol. The van der Waals surface area contributed by atoms with E-state index in [-0.39, 0.29) is 12.0 Å². The van der Waals surface area contributed by atoms with Crippen LogP contribution in [-0.2, 0) is 4.74 Å². The number of carbonyl (C=O) groups is 1. The Morgan fingerprint density at radius 1 is 1.39 bits per heavy atom. The topological polar surface area (TPSA) is 54.9 Å². The fourth-order valence-electron chi connectivity index (χ4n) is 3.59. The molecule has 4 rings (SSSR count). The summed E-state index contributed by atoms with van der Waals surface area (Å²) < 4.78 is 11.0. The molecule has 23 heavy (non-hydrogen) atoms. The molecule has 3 heterocycles. The van der Waals surface area contributed by atoms with Gasteiger partial charge in [-0.1, -0.05) is 6.07 Å². The molecule has 2 saturated heterocycles. The molecule has 3 fully saturated rings. The highest BCUT2D eigenvalue weighted by Crippen LogP contribution is 2.33. The van der Waals surface area contributed by atoms with Gasteiger partial charge >= 0.3 is 0 Å². The maximum Gasteiger partial charge on any atom is 0.272 e. The lowest BCUT2D eigenvalue weighted by atomic mass is 10.1. The van der Waals surface area contributed by atoms with Crippen molar-refractivity contribution >= 4 is 5.91 Å². The summed E-state index contributed by atoms with van der Waals surface area (Å²) in [6.45, 7) is 4.30. The van der Waals surface area contributed by atoms with Gasteiger partial charge in [-0.2, -0.15) is 0 Å². The molecular formula is C17H23N3O3. The molecule has 2 aliphatic heterocycles. The zero-order valence-corrected chi connectivity index (χ0v) is 13.5. The summed E-state index contributed by atoms with van der Waals surface area (Å²) in [6.07, 6.45) is 2.84. The SMILES string of the molecule is COc1cccc(C(=O)N2C[C@@H]3OCCN(CC4CC4)[C@H]3C2)n1. The summed E-state index contributed by atoms with van der Waals surface area (Å²) in [7, 11) is 1.56. The van der Waals surface area contributed by atoms with Gasteiger partial charge in [0.25, 0.3) is 5.91 Å². The van der Waals surface area contributed by atoms with Gasteiger partial charge in [0.15, 0.2) is 0 Å². The predicted octanol–water partition coefficient (Wildman–Crippen LogP) is 1.03. The molecule has 0 spiro atoms. The van der Waals surface area contributed by atoms with Crippen LogP contribution in [-0.4, -0.2) is 72.7 Å². The zero-order valence-electron chi connectivity index (χ0n) is 13.5. The highest BCUT2D eigenvalue weighted by Gasteiger charge is 2.43. The van der Waals surface area contributed by atoms with Gasteiger partial charge in [0.1, 0.15) is 5.69 Å². The number of morpholine rings is 1. The Labute approximate surface area is 136 Å². The summed E-state index contributed by atoms with van der Waals surface area (Å²) in [5.74, 6) is 1.30. The Morgan fingerprint density at radius 2 is 2.26 bits per heavy atom. The monoisotopic (exact) mass is 317 g/mol. The van der Waals surface area contributed by atoms with E-state index in [0.717, 1.165) is 32.2 Å². The van der Waals surface area contributed by atoms with E-state index < -0.39 is 0 Å². The van der Waals surface area contributed by atoms with E-state index in [1.807, 2.05) is 4.90 Å². The number of pyridine rings is 1. The molecule has 1 saturated carbocycles. The van der Waals surface area contributed by atoms with Crippen molar-refractivity contribution in [2.45, 2.75) is 25.0 Å². The molecule has 124 valence electrons. The molecule has 0 radical (unpaired) electrons. The highest BCUT2D eigenvalue weighted by atomic mass is 16.5. The van der Waals surface area contributed by atoms with Gasteiger partial charge in [-0.3, -0.25) is 9.69 Å². The molecule has 0 N–H and O–H groups in total. The minimum Gasteiger partial charge on any atom is -0.481 e.